The smallest absolute Gasteiger partial charge is 0.408 e. The zero-order valence-electron chi connectivity index (χ0n) is 14.3. The number of aromatic nitrogens is 2. The molecule has 2 rings (SSSR count). The Morgan fingerprint density at radius 1 is 1.43 bits per heavy atom. The number of amides is 1. The summed E-state index contributed by atoms with van der Waals surface area (Å²) in [5.41, 5.74) is 1.03. The van der Waals surface area contributed by atoms with Crippen LogP contribution in [0.15, 0.2) is 24.5 Å². The van der Waals surface area contributed by atoms with Gasteiger partial charge in [-0.3, -0.25) is 0 Å². The van der Waals surface area contributed by atoms with Crippen molar-refractivity contribution >= 4 is 23.3 Å². The van der Waals surface area contributed by atoms with Crippen LogP contribution in [0.5, 0.6) is 0 Å². The summed E-state index contributed by atoms with van der Waals surface area (Å²) in [4.78, 5) is 16.7. The zero-order chi connectivity index (χ0) is 17.2. The van der Waals surface area contributed by atoms with Gasteiger partial charge in [0.1, 0.15) is 11.2 Å². The number of pyridine rings is 1. The van der Waals surface area contributed by atoms with Gasteiger partial charge in [0.2, 0.25) is 0 Å². The highest BCUT2D eigenvalue weighted by atomic mass is 35.5. The van der Waals surface area contributed by atoms with Crippen LogP contribution in [-0.2, 0) is 4.74 Å². The Kier molecular flexibility index (Phi) is 5.19. The van der Waals surface area contributed by atoms with Gasteiger partial charge >= 0.3 is 6.09 Å². The lowest BCUT2D eigenvalue weighted by molar-refractivity contribution is 0.0496. The highest BCUT2D eigenvalue weighted by Crippen LogP contribution is 2.23. The zero-order valence-corrected chi connectivity index (χ0v) is 15.0. The second-order valence-electron chi connectivity index (χ2n) is 7.10. The van der Waals surface area contributed by atoms with E-state index in [1.165, 1.54) is 0 Å². The molecule has 126 valence electrons. The lowest BCUT2D eigenvalue weighted by Gasteiger charge is -2.23. The minimum Gasteiger partial charge on any atom is -0.444 e. The number of halogens is 1. The van der Waals surface area contributed by atoms with Gasteiger partial charge in [-0.2, -0.15) is 0 Å². The van der Waals surface area contributed by atoms with Crippen LogP contribution in [-0.4, -0.2) is 21.1 Å². The van der Waals surface area contributed by atoms with Crippen molar-refractivity contribution in [2.75, 3.05) is 0 Å². The topological polar surface area (TPSA) is 55.6 Å². The Balaban J connectivity index is 2.24. The third-order valence-corrected chi connectivity index (χ3v) is 3.43. The quantitative estimate of drug-likeness (QED) is 0.887. The molecule has 23 heavy (non-hydrogen) atoms. The van der Waals surface area contributed by atoms with Crippen LogP contribution in [0.1, 0.15) is 52.8 Å². The van der Waals surface area contributed by atoms with E-state index in [4.69, 9.17) is 16.3 Å². The Morgan fingerprint density at radius 3 is 2.74 bits per heavy atom. The molecule has 0 bridgehead atoms. The number of imidazole rings is 1. The molecule has 0 spiro atoms. The number of carbonyl (C=O) groups is 1. The predicted molar refractivity (Wildman–Crippen MR) is 91.8 cm³/mol. The second kappa shape index (κ2) is 6.79. The molecule has 0 saturated heterocycles. The van der Waals surface area contributed by atoms with Gasteiger partial charge in [-0.25, -0.2) is 9.78 Å². The average molecular weight is 338 g/mol. The summed E-state index contributed by atoms with van der Waals surface area (Å²) in [5, 5.41) is 3.56. The molecular formula is C17H24ClN3O2. The number of alkyl carbamates (subject to hydrolysis) is 1. The number of hydrogen-bond donors (Lipinski definition) is 1. The van der Waals surface area contributed by atoms with Crippen LogP contribution in [0.2, 0.25) is 5.02 Å². The van der Waals surface area contributed by atoms with Gasteiger partial charge in [0.25, 0.3) is 0 Å². The highest BCUT2D eigenvalue weighted by Gasteiger charge is 2.23. The first-order chi connectivity index (χ1) is 10.6. The number of rotatable bonds is 4. The molecule has 1 amide bonds. The van der Waals surface area contributed by atoms with E-state index in [1.54, 1.807) is 12.1 Å². The van der Waals surface area contributed by atoms with Crippen LogP contribution >= 0.6 is 11.6 Å². The fourth-order valence-electron chi connectivity index (χ4n) is 2.32. The highest BCUT2D eigenvalue weighted by molar-refractivity contribution is 6.30. The molecule has 0 fully saturated rings. The van der Waals surface area contributed by atoms with Gasteiger partial charge in [-0.15, -0.1) is 0 Å². The standard InChI is InChI=1S/C17H24ClN3O2/c1-11(2)8-13(20-16(22)23-17(3,4)5)14-10-21-7-6-12(18)9-15(21)19-14/h6-7,9-11,13H,8H2,1-5H3,(H,20,22)/t13-/m0/s1. The molecule has 5 nitrogen and oxygen atoms in total. The van der Waals surface area contributed by atoms with Crippen LogP contribution in [0.3, 0.4) is 0 Å². The van der Waals surface area contributed by atoms with Gasteiger partial charge in [0, 0.05) is 17.4 Å². The summed E-state index contributed by atoms with van der Waals surface area (Å²) < 4.78 is 7.25. The fourth-order valence-corrected chi connectivity index (χ4v) is 2.47. The molecule has 2 heterocycles. The molecule has 1 N–H and O–H groups in total. The lowest BCUT2D eigenvalue weighted by Crippen LogP contribution is -2.35. The molecule has 2 aromatic heterocycles. The summed E-state index contributed by atoms with van der Waals surface area (Å²) in [5.74, 6) is 0.406. The molecule has 0 radical (unpaired) electrons. The Labute approximate surface area is 142 Å². The molecule has 0 aliphatic rings. The van der Waals surface area contributed by atoms with E-state index in [-0.39, 0.29) is 6.04 Å². The molecule has 2 aromatic rings. The first-order valence-corrected chi connectivity index (χ1v) is 8.15. The van der Waals surface area contributed by atoms with Gasteiger partial charge in [-0.05, 0) is 45.2 Å². The summed E-state index contributed by atoms with van der Waals surface area (Å²) in [6.45, 7) is 9.75. The third-order valence-electron chi connectivity index (χ3n) is 3.20. The monoisotopic (exact) mass is 337 g/mol. The van der Waals surface area contributed by atoms with E-state index in [0.29, 0.717) is 10.9 Å². The lowest BCUT2D eigenvalue weighted by atomic mass is 10.0. The number of nitrogens with zero attached hydrogens (tertiary/aromatic N) is 2. The van der Waals surface area contributed by atoms with E-state index in [0.717, 1.165) is 17.8 Å². The van der Waals surface area contributed by atoms with Gasteiger partial charge in [0.05, 0.1) is 11.7 Å². The van der Waals surface area contributed by atoms with Crippen molar-refractivity contribution in [3.8, 4) is 0 Å². The maximum absolute atomic E-state index is 12.1. The van der Waals surface area contributed by atoms with Crippen LogP contribution < -0.4 is 5.32 Å². The first kappa shape index (κ1) is 17.6. The van der Waals surface area contributed by atoms with Gasteiger partial charge < -0.3 is 14.5 Å². The first-order valence-electron chi connectivity index (χ1n) is 7.78. The van der Waals surface area contributed by atoms with E-state index < -0.39 is 11.7 Å². The molecule has 0 aromatic carbocycles. The van der Waals surface area contributed by atoms with E-state index in [2.05, 4.69) is 24.1 Å². The summed E-state index contributed by atoms with van der Waals surface area (Å²) in [6, 6.07) is 3.40. The maximum Gasteiger partial charge on any atom is 0.408 e. The van der Waals surface area contributed by atoms with Crippen molar-refractivity contribution < 1.29 is 9.53 Å². The van der Waals surface area contributed by atoms with Gasteiger partial charge in [-0.1, -0.05) is 25.4 Å². The summed E-state index contributed by atoms with van der Waals surface area (Å²) in [6.07, 6.45) is 4.11. The summed E-state index contributed by atoms with van der Waals surface area (Å²) in [7, 11) is 0. The van der Waals surface area contributed by atoms with Crippen molar-refractivity contribution in [3.63, 3.8) is 0 Å². The molecule has 0 aliphatic heterocycles. The molecule has 0 unspecified atom stereocenters. The Morgan fingerprint density at radius 2 is 2.13 bits per heavy atom. The van der Waals surface area contributed by atoms with Crippen molar-refractivity contribution in [1.82, 2.24) is 14.7 Å². The SMILES string of the molecule is CC(C)C[C@H](NC(=O)OC(C)(C)C)c1cn2ccc(Cl)cc2n1. The maximum atomic E-state index is 12.1. The molecule has 0 aliphatic carbocycles. The normalized spacial score (nSPS) is 13.3. The molecule has 6 heteroatoms. The van der Waals surface area contributed by atoms with Crippen LogP contribution in [0, 0.1) is 5.92 Å². The van der Waals surface area contributed by atoms with Gasteiger partial charge in [0.15, 0.2) is 0 Å². The van der Waals surface area contributed by atoms with Crippen molar-refractivity contribution in [2.24, 2.45) is 5.92 Å². The largest absolute Gasteiger partial charge is 0.444 e. The Hall–Kier alpha value is -1.75. The van der Waals surface area contributed by atoms with E-state index >= 15 is 0 Å². The number of fused-ring (bicyclic) bond motifs is 1. The van der Waals surface area contributed by atoms with Crippen molar-refractivity contribution in [1.29, 1.82) is 0 Å². The van der Waals surface area contributed by atoms with E-state index in [9.17, 15) is 4.79 Å². The second-order valence-corrected chi connectivity index (χ2v) is 7.54. The summed E-state index contributed by atoms with van der Waals surface area (Å²) >= 11 is 6.01. The Bertz CT molecular complexity index is 689. The third kappa shape index (κ3) is 5.13. The fraction of sp³-hybridized carbons (Fsp3) is 0.529. The minimum atomic E-state index is -0.529. The number of ether oxygens (including phenoxy) is 1. The predicted octanol–water partition coefficient (Wildman–Crippen LogP) is 4.60. The van der Waals surface area contributed by atoms with Crippen molar-refractivity contribution in [3.05, 3.63) is 35.2 Å². The molecular weight excluding hydrogens is 314 g/mol. The van der Waals surface area contributed by atoms with Crippen molar-refractivity contribution in [2.45, 2.75) is 52.7 Å². The number of nitrogens with one attached hydrogen (secondary N) is 1. The number of hydrogen-bond acceptors (Lipinski definition) is 3. The van der Waals surface area contributed by atoms with Crippen LogP contribution in [0.4, 0.5) is 4.79 Å². The average Bonchev–Trinajstić information content (AvgIpc) is 2.77. The molecule has 1 atom stereocenters. The number of carbonyl (C=O) groups excluding carboxylic acids is 1. The molecule has 0 saturated carbocycles. The van der Waals surface area contributed by atoms with E-state index in [1.807, 2.05) is 37.6 Å². The van der Waals surface area contributed by atoms with Crippen LogP contribution in [0.25, 0.3) is 5.65 Å². The minimum absolute atomic E-state index is 0.205.